The molecule has 2 heterocycles. The molecule has 0 aromatic heterocycles. The summed E-state index contributed by atoms with van der Waals surface area (Å²) in [6.07, 6.45) is 0.155. The zero-order valence-corrected chi connectivity index (χ0v) is 39.2. The highest BCUT2D eigenvalue weighted by Gasteiger charge is 2.45. The molecule has 2 aliphatic rings. The Morgan fingerprint density at radius 3 is 1.32 bits per heavy atom. The molecule has 22 heteroatoms. The molecule has 1 atom stereocenters. The van der Waals surface area contributed by atoms with Crippen LogP contribution in [-0.4, -0.2) is 218 Å². The number of ketones is 1. The van der Waals surface area contributed by atoms with Crippen LogP contribution in [0.25, 0.3) is 0 Å². The van der Waals surface area contributed by atoms with Crippen LogP contribution in [0.5, 0.6) is 0 Å². The number of fused-ring (bicyclic) bond motifs is 1. The molecule has 4 amide bonds. The van der Waals surface area contributed by atoms with Crippen molar-refractivity contribution in [3.05, 3.63) is 65.2 Å². The van der Waals surface area contributed by atoms with Gasteiger partial charge in [0, 0.05) is 24.2 Å². The van der Waals surface area contributed by atoms with Gasteiger partial charge in [0.15, 0.2) is 0 Å². The topological polar surface area (TPSA) is 250 Å². The highest BCUT2D eigenvalue weighted by Crippen LogP contribution is 2.32. The van der Waals surface area contributed by atoms with Crippen molar-refractivity contribution in [1.29, 1.82) is 0 Å². The average Bonchev–Trinajstić information content (AvgIpc) is 3.61. The summed E-state index contributed by atoms with van der Waals surface area (Å²) in [5, 5.41) is 5.33. The highest BCUT2D eigenvalue weighted by atomic mass is 16.6. The quantitative estimate of drug-likeness (QED) is 0.0311. The molecule has 2 aromatic rings. The van der Waals surface area contributed by atoms with E-state index in [0.717, 1.165) is 4.90 Å². The molecular formula is C47H67N3O19. The van der Waals surface area contributed by atoms with E-state index in [-0.39, 0.29) is 42.7 Å². The lowest BCUT2D eigenvalue weighted by Crippen LogP contribution is -2.54. The van der Waals surface area contributed by atoms with E-state index in [9.17, 15) is 28.8 Å². The van der Waals surface area contributed by atoms with Crippen molar-refractivity contribution in [3.8, 4) is 0 Å². The number of piperidine rings is 1. The van der Waals surface area contributed by atoms with Crippen molar-refractivity contribution in [2.75, 3.05) is 177 Å². The summed E-state index contributed by atoms with van der Waals surface area (Å²) in [4.78, 5) is 74.6. The van der Waals surface area contributed by atoms with Gasteiger partial charge in [-0.1, -0.05) is 36.4 Å². The first kappa shape index (κ1) is 56.8. The van der Waals surface area contributed by atoms with Crippen LogP contribution in [0.15, 0.2) is 48.5 Å². The Morgan fingerprint density at radius 1 is 0.493 bits per heavy atom. The summed E-state index contributed by atoms with van der Waals surface area (Å²) in [5.74, 6) is -3.79. The second kappa shape index (κ2) is 36.2. The molecule has 2 N–H and O–H groups in total. The van der Waals surface area contributed by atoms with Gasteiger partial charge in [-0.3, -0.25) is 34.2 Å². The number of imide groups is 2. The number of amides is 4. The van der Waals surface area contributed by atoms with Crippen LogP contribution in [0, 0.1) is 0 Å². The molecule has 1 unspecified atom stereocenters. The van der Waals surface area contributed by atoms with Crippen molar-refractivity contribution >= 4 is 41.1 Å². The number of benzene rings is 2. The lowest BCUT2D eigenvalue weighted by molar-refractivity contribution is -0.140. The van der Waals surface area contributed by atoms with Crippen LogP contribution in [0.4, 0.5) is 5.69 Å². The number of ether oxygens (including phenoxy) is 13. The fourth-order valence-electron chi connectivity index (χ4n) is 6.41. The van der Waals surface area contributed by atoms with Crippen molar-refractivity contribution in [1.82, 2.24) is 10.2 Å². The highest BCUT2D eigenvalue weighted by molar-refractivity contribution is 6.40. The largest absolute Gasteiger partial charge is 0.457 e. The summed E-state index contributed by atoms with van der Waals surface area (Å²) in [5.41, 5.74) is 1.17. The zero-order chi connectivity index (χ0) is 49.0. The fraction of sp³-hybridized carbons (Fsp3) is 0.617. The molecule has 0 saturated carbocycles. The van der Waals surface area contributed by atoms with E-state index in [0.29, 0.717) is 164 Å². The van der Waals surface area contributed by atoms with Crippen LogP contribution in [0.1, 0.15) is 43.9 Å². The number of carbonyl (C=O) groups excluding carboxylic acids is 6. The number of Topliss-reactive ketones (excluding diaryl/α,β-unsaturated/α-hetero) is 1. The van der Waals surface area contributed by atoms with Gasteiger partial charge in [0.25, 0.3) is 17.6 Å². The van der Waals surface area contributed by atoms with E-state index in [1.807, 2.05) is 0 Å². The molecule has 1 fully saturated rings. The van der Waals surface area contributed by atoms with Crippen LogP contribution in [0.3, 0.4) is 0 Å². The Kier molecular flexibility index (Phi) is 29.8. The van der Waals surface area contributed by atoms with Gasteiger partial charge in [0.2, 0.25) is 11.8 Å². The maximum atomic E-state index is 13.2. The van der Waals surface area contributed by atoms with Crippen LogP contribution < -0.4 is 10.6 Å². The SMILES string of the molecule is O=C1CCC(N2C(=O)c3cccc(NCCOCCOCCOCCOCCOCCOCCOCCOCCOCCOCCOCCOCCOC(=O)C(=O)c4ccccc4)c3C2=O)C(=O)N1. The monoisotopic (exact) mass is 977 g/mol. The summed E-state index contributed by atoms with van der Waals surface area (Å²) in [7, 11) is 0. The van der Waals surface area contributed by atoms with Crippen LogP contribution >= 0.6 is 0 Å². The third-order valence-corrected chi connectivity index (χ3v) is 9.80. The van der Waals surface area contributed by atoms with Crippen molar-refractivity contribution in [3.63, 3.8) is 0 Å². The number of nitrogens with one attached hydrogen (secondary N) is 2. The van der Waals surface area contributed by atoms with E-state index in [1.54, 1.807) is 48.5 Å². The first-order valence-electron chi connectivity index (χ1n) is 23.2. The molecule has 69 heavy (non-hydrogen) atoms. The summed E-state index contributed by atoms with van der Waals surface area (Å²) < 4.78 is 70.7. The van der Waals surface area contributed by atoms with Crippen molar-refractivity contribution in [2.24, 2.45) is 0 Å². The van der Waals surface area contributed by atoms with Crippen LogP contribution in [0.2, 0.25) is 0 Å². The van der Waals surface area contributed by atoms with Gasteiger partial charge < -0.3 is 66.9 Å². The number of rotatable bonds is 43. The standard InChI is InChI=1S/C47H67N3O19/c51-41-10-9-40(44(53)49-41)50-45(54)38-7-4-8-39(42(38)46(50)55)48-11-12-57-13-14-58-15-16-59-17-18-60-19-20-61-21-22-62-23-24-63-25-26-64-27-28-65-29-30-66-31-32-67-33-34-68-35-36-69-47(56)43(52)37-5-2-1-3-6-37/h1-8,40,48H,9-36H2,(H,49,51,53). The first-order chi connectivity index (χ1) is 33.9. The van der Waals surface area contributed by atoms with Gasteiger partial charge >= 0.3 is 5.97 Å². The number of anilines is 1. The lowest BCUT2D eigenvalue weighted by Gasteiger charge is -2.27. The summed E-state index contributed by atoms with van der Waals surface area (Å²) in [6.45, 7) is 10.1. The molecule has 384 valence electrons. The molecule has 0 radical (unpaired) electrons. The predicted molar refractivity (Wildman–Crippen MR) is 243 cm³/mol. The normalized spacial score (nSPS) is 14.6. The Balaban J connectivity index is 0.781. The number of carbonyl (C=O) groups is 6. The van der Waals surface area contributed by atoms with Crippen molar-refractivity contribution in [2.45, 2.75) is 18.9 Å². The molecule has 4 rings (SSSR count). The van der Waals surface area contributed by atoms with E-state index in [4.69, 9.17) is 61.6 Å². The minimum Gasteiger partial charge on any atom is -0.457 e. The Morgan fingerprint density at radius 2 is 0.899 bits per heavy atom. The molecular weight excluding hydrogens is 911 g/mol. The van der Waals surface area contributed by atoms with Gasteiger partial charge in [-0.25, -0.2) is 4.79 Å². The Hall–Kier alpha value is -4.82. The van der Waals surface area contributed by atoms with Gasteiger partial charge in [0.1, 0.15) is 12.6 Å². The number of esters is 1. The third-order valence-electron chi connectivity index (χ3n) is 9.80. The zero-order valence-electron chi connectivity index (χ0n) is 39.2. The fourth-order valence-corrected chi connectivity index (χ4v) is 6.41. The minimum atomic E-state index is -1.02. The Labute approximate surface area is 402 Å². The minimum absolute atomic E-state index is 0.0167. The average molecular weight is 978 g/mol. The van der Waals surface area contributed by atoms with Gasteiger partial charge in [0.05, 0.1) is 170 Å². The molecule has 0 bridgehead atoms. The molecule has 2 aliphatic heterocycles. The smallest absolute Gasteiger partial charge is 0.379 e. The maximum Gasteiger partial charge on any atom is 0.379 e. The molecule has 2 aromatic carbocycles. The van der Waals surface area contributed by atoms with Gasteiger partial charge in [-0.15, -0.1) is 0 Å². The van der Waals surface area contributed by atoms with Crippen molar-refractivity contribution < 1.29 is 90.3 Å². The molecule has 0 aliphatic carbocycles. The third kappa shape index (κ3) is 23.1. The van der Waals surface area contributed by atoms with E-state index in [2.05, 4.69) is 10.6 Å². The molecule has 0 spiro atoms. The maximum absolute atomic E-state index is 13.2. The van der Waals surface area contributed by atoms with E-state index < -0.39 is 41.4 Å². The second-order valence-electron chi connectivity index (χ2n) is 14.8. The van der Waals surface area contributed by atoms with Gasteiger partial charge in [-0.2, -0.15) is 0 Å². The molecule has 1 saturated heterocycles. The number of hydrogen-bond acceptors (Lipinski definition) is 20. The predicted octanol–water partition coefficient (Wildman–Crippen LogP) is 1.13. The van der Waals surface area contributed by atoms with E-state index >= 15 is 0 Å². The van der Waals surface area contributed by atoms with Crippen LogP contribution in [-0.2, 0) is 76.0 Å². The lowest BCUT2D eigenvalue weighted by atomic mass is 10.0. The Bertz CT molecular complexity index is 1800. The summed E-state index contributed by atoms with van der Waals surface area (Å²) >= 11 is 0. The van der Waals surface area contributed by atoms with Gasteiger partial charge in [-0.05, 0) is 18.6 Å². The second-order valence-corrected chi connectivity index (χ2v) is 14.8. The molecule has 22 nitrogen and oxygen atoms in total. The number of nitrogens with zero attached hydrogens (tertiary/aromatic N) is 1. The first-order valence-corrected chi connectivity index (χ1v) is 23.2. The van der Waals surface area contributed by atoms with E-state index in [1.165, 1.54) is 0 Å². The number of hydrogen-bond donors (Lipinski definition) is 2. The summed E-state index contributed by atoms with van der Waals surface area (Å²) in [6, 6.07) is 12.1.